The highest BCUT2D eigenvalue weighted by Crippen LogP contribution is 2.25. The molecule has 0 aliphatic carbocycles. The van der Waals surface area contributed by atoms with Gasteiger partial charge in [0.2, 0.25) is 10.0 Å². The van der Waals surface area contributed by atoms with Crippen LogP contribution in [-0.4, -0.2) is 67.3 Å². The summed E-state index contributed by atoms with van der Waals surface area (Å²) in [6, 6.07) is 9.99. The Morgan fingerprint density at radius 2 is 1.85 bits per heavy atom. The number of hydrogen-bond donors (Lipinski definition) is 0. The quantitative estimate of drug-likeness (QED) is 0.597. The molecule has 10 heteroatoms. The van der Waals surface area contributed by atoms with E-state index < -0.39 is 10.0 Å². The number of amides is 1. The lowest BCUT2D eigenvalue weighted by Crippen LogP contribution is -2.55. The van der Waals surface area contributed by atoms with Crippen LogP contribution in [0.3, 0.4) is 0 Å². The van der Waals surface area contributed by atoms with Crippen LogP contribution in [0.2, 0.25) is 0 Å². The molecule has 1 saturated heterocycles. The van der Waals surface area contributed by atoms with Gasteiger partial charge in [0.05, 0.1) is 27.8 Å². The van der Waals surface area contributed by atoms with Gasteiger partial charge in [-0.05, 0) is 70.5 Å². The molecule has 3 rings (SSSR count). The van der Waals surface area contributed by atoms with Crippen molar-refractivity contribution in [3.8, 4) is 6.07 Å². The number of sulfonamides is 1. The number of piperazine rings is 1. The first-order chi connectivity index (χ1) is 15.6. The molecule has 0 bridgehead atoms. The SMILES string of the molecule is CCN(CC)c1ccc(C(=O)N2CCN(S(=O)(=O)c3ccc(C#N)cc3C)C[C@@H]2C)c(C)n1.Cl. The highest BCUT2D eigenvalue weighted by Gasteiger charge is 2.35. The summed E-state index contributed by atoms with van der Waals surface area (Å²) in [5.74, 6) is 0.709. The van der Waals surface area contributed by atoms with E-state index in [1.165, 1.54) is 16.4 Å². The van der Waals surface area contributed by atoms with Crippen molar-refractivity contribution in [3.63, 3.8) is 0 Å². The molecule has 184 valence electrons. The number of rotatable bonds is 6. The first-order valence-corrected chi connectivity index (χ1v) is 12.6. The van der Waals surface area contributed by atoms with Gasteiger partial charge in [-0.3, -0.25) is 4.79 Å². The molecule has 1 aromatic carbocycles. The topological polar surface area (TPSA) is 97.6 Å². The van der Waals surface area contributed by atoms with Gasteiger partial charge >= 0.3 is 0 Å². The fraction of sp³-hybridized carbons (Fsp3) is 0.458. The van der Waals surface area contributed by atoms with Crippen molar-refractivity contribution in [1.29, 1.82) is 5.26 Å². The number of halogens is 1. The van der Waals surface area contributed by atoms with Crippen LogP contribution >= 0.6 is 12.4 Å². The Balaban J connectivity index is 0.00000408. The molecule has 0 radical (unpaired) electrons. The second-order valence-corrected chi connectivity index (χ2v) is 10.2. The van der Waals surface area contributed by atoms with Crippen LogP contribution in [0, 0.1) is 25.2 Å². The summed E-state index contributed by atoms with van der Waals surface area (Å²) in [5, 5.41) is 9.05. The molecule has 1 aliphatic heterocycles. The highest BCUT2D eigenvalue weighted by molar-refractivity contribution is 7.89. The monoisotopic (exact) mass is 505 g/mol. The maximum absolute atomic E-state index is 13.3. The van der Waals surface area contributed by atoms with E-state index >= 15 is 0 Å². The smallest absolute Gasteiger partial charge is 0.256 e. The van der Waals surface area contributed by atoms with Gasteiger partial charge in [0.15, 0.2) is 0 Å². The number of pyridine rings is 1. The molecule has 2 aromatic rings. The fourth-order valence-corrected chi connectivity index (χ4v) is 5.96. The van der Waals surface area contributed by atoms with Crippen molar-refractivity contribution < 1.29 is 13.2 Å². The second kappa shape index (κ2) is 11.2. The highest BCUT2D eigenvalue weighted by atomic mass is 35.5. The molecule has 1 fully saturated rings. The minimum absolute atomic E-state index is 0. The van der Waals surface area contributed by atoms with Crippen molar-refractivity contribution >= 4 is 34.2 Å². The summed E-state index contributed by atoms with van der Waals surface area (Å²) in [5.41, 5.74) is 2.17. The standard InChI is InChI=1S/C24H31N5O3S.ClH/c1-6-27(7-2)23-11-9-21(19(5)26-23)24(30)29-13-12-28(16-18(29)4)33(31,32)22-10-8-20(15-25)14-17(22)3;/h8-11,14,18H,6-7,12-13,16H2,1-5H3;1H/t18-;/m0./s1. The first kappa shape index (κ1) is 27.6. The Hall–Kier alpha value is -2.67. The van der Waals surface area contributed by atoms with E-state index in [-0.39, 0.29) is 42.3 Å². The zero-order valence-electron chi connectivity index (χ0n) is 20.3. The lowest BCUT2D eigenvalue weighted by molar-refractivity contribution is 0.0590. The summed E-state index contributed by atoms with van der Waals surface area (Å²) in [7, 11) is -3.73. The van der Waals surface area contributed by atoms with Crippen LogP contribution in [0.1, 0.15) is 48.0 Å². The number of carbonyl (C=O) groups is 1. The van der Waals surface area contributed by atoms with Gasteiger partial charge in [-0.1, -0.05) is 0 Å². The number of carbonyl (C=O) groups excluding carboxylic acids is 1. The summed E-state index contributed by atoms with van der Waals surface area (Å²) in [6.45, 7) is 11.9. The van der Waals surface area contributed by atoms with Gasteiger partial charge in [0.25, 0.3) is 5.91 Å². The summed E-state index contributed by atoms with van der Waals surface area (Å²) < 4.78 is 27.9. The normalized spacial score (nSPS) is 16.5. The van der Waals surface area contributed by atoms with E-state index in [2.05, 4.69) is 23.7 Å². The number of hydrogen-bond acceptors (Lipinski definition) is 6. The summed E-state index contributed by atoms with van der Waals surface area (Å²) in [6.07, 6.45) is 0. The maximum Gasteiger partial charge on any atom is 0.256 e. The van der Waals surface area contributed by atoms with Gasteiger partial charge in [-0.2, -0.15) is 9.57 Å². The molecular weight excluding hydrogens is 474 g/mol. The van der Waals surface area contributed by atoms with Gasteiger partial charge in [0.1, 0.15) is 5.82 Å². The van der Waals surface area contributed by atoms with Crippen LogP contribution < -0.4 is 4.90 Å². The Bertz CT molecular complexity index is 1190. The van der Waals surface area contributed by atoms with Crippen LogP contribution in [0.15, 0.2) is 35.2 Å². The Morgan fingerprint density at radius 3 is 2.38 bits per heavy atom. The predicted molar refractivity (Wildman–Crippen MR) is 135 cm³/mol. The molecule has 0 N–H and O–H groups in total. The molecule has 1 amide bonds. The molecule has 1 atom stereocenters. The lowest BCUT2D eigenvalue weighted by atomic mass is 10.1. The molecule has 8 nitrogen and oxygen atoms in total. The van der Waals surface area contributed by atoms with Gasteiger partial charge in [-0.25, -0.2) is 13.4 Å². The number of nitrogens with zero attached hydrogens (tertiary/aromatic N) is 5. The van der Waals surface area contributed by atoms with E-state index in [9.17, 15) is 13.2 Å². The molecule has 0 unspecified atom stereocenters. The average Bonchev–Trinajstić information content (AvgIpc) is 2.79. The zero-order chi connectivity index (χ0) is 24.3. The number of aryl methyl sites for hydroxylation is 2. The number of anilines is 1. The minimum atomic E-state index is -3.73. The zero-order valence-corrected chi connectivity index (χ0v) is 21.9. The van der Waals surface area contributed by atoms with E-state index in [0.29, 0.717) is 28.9 Å². The van der Waals surface area contributed by atoms with Crippen molar-refractivity contribution in [1.82, 2.24) is 14.2 Å². The predicted octanol–water partition coefficient (Wildman–Crippen LogP) is 3.37. The van der Waals surface area contributed by atoms with Crippen molar-refractivity contribution in [2.75, 3.05) is 37.6 Å². The third-order valence-corrected chi connectivity index (χ3v) is 8.19. The van der Waals surface area contributed by atoms with Crippen molar-refractivity contribution in [2.24, 2.45) is 0 Å². The van der Waals surface area contributed by atoms with E-state index in [1.54, 1.807) is 17.9 Å². The minimum Gasteiger partial charge on any atom is -0.357 e. The average molecular weight is 506 g/mol. The Kier molecular flexibility index (Phi) is 9.06. The van der Waals surface area contributed by atoms with Gasteiger partial charge < -0.3 is 9.80 Å². The molecular formula is C24H32ClN5O3S. The summed E-state index contributed by atoms with van der Waals surface area (Å²) >= 11 is 0. The first-order valence-electron chi connectivity index (χ1n) is 11.2. The van der Waals surface area contributed by atoms with Crippen LogP contribution in [0.5, 0.6) is 0 Å². The molecule has 2 heterocycles. The van der Waals surface area contributed by atoms with Crippen LogP contribution in [0.25, 0.3) is 0 Å². The number of benzene rings is 1. The third kappa shape index (κ3) is 5.35. The Morgan fingerprint density at radius 1 is 1.18 bits per heavy atom. The summed E-state index contributed by atoms with van der Waals surface area (Å²) in [4.78, 5) is 21.9. The van der Waals surface area contributed by atoms with Crippen LogP contribution in [0.4, 0.5) is 5.82 Å². The third-order valence-electron chi connectivity index (χ3n) is 6.16. The maximum atomic E-state index is 13.3. The molecule has 0 saturated carbocycles. The lowest BCUT2D eigenvalue weighted by Gasteiger charge is -2.39. The van der Waals surface area contributed by atoms with Gasteiger partial charge in [-0.15, -0.1) is 12.4 Å². The van der Waals surface area contributed by atoms with E-state index in [4.69, 9.17) is 5.26 Å². The Labute approximate surface area is 208 Å². The van der Waals surface area contributed by atoms with Crippen LogP contribution in [-0.2, 0) is 10.0 Å². The molecule has 34 heavy (non-hydrogen) atoms. The number of aromatic nitrogens is 1. The second-order valence-electron chi connectivity index (χ2n) is 8.28. The largest absolute Gasteiger partial charge is 0.357 e. The molecule has 0 spiro atoms. The van der Waals surface area contributed by atoms with E-state index in [0.717, 1.165) is 18.9 Å². The van der Waals surface area contributed by atoms with E-state index in [1.807, 2.05) is 32.0 Å². The van der Waals surface area contributed by atoms with Crippen molar-refractivity contribution in [2.45, 2.75) is 45.6 Å². The van der Waals surface area contributed by atoms with Crippen molar-refractivity contribution in [3.05, 3.63) is 52.7 Å². The van der Waals surface area contributed by atoms with Gasteiger partial charge in [0, 0.05) is 38.8 Å². The molecule has 1 aromatic heterocycles. The molecule has 1 aliphatic rings. The number of nitriles is 1. The fourth-order valence-electron chi connectivity index (χ4n) is 4.24.